The molecule has 0 aliphatic carbocycles. The fourth-order valence-electron chi connectivity index (χ4n) is 0.805. The minimum atomic E-state index is 0.305. The van der Waals surface area contributed by atoms with Crippen LogP contribution >= 0.6 is 11.8 Å². The van der Waals surface area contributed by atoms with E-state index in [1.807, 2.05) is 12.1 Å². The van der Waals surface area contributed by atoms with E-state index in [1.165, 1.54) is 0 Å². The Hall–Kier alpha value is -0.670. The van der Waals surface area contributed by atoms with Crippen LogP contribution in [0.25, 0.3) is 0 Å². The molecule has 12 heavy (non-hydrogen) atoms. The van der Waals surface area contributed by atoms with Crippen LogP contribution in [-0.2, 0) is 0 Å². The molecule has 1 rings (SSSR count). The number of benzene rings is 1. The van der Waals surface area contributed by atoms with Gasteiger partial charge in [-0.15, -0.1) is 11.8 Å². The standard InChI is InChI=1S/C9H13NOS/c1-7(6-10)12-9-4-2-8(11)3-5-9/h2-5,7,11H,6,10H2,1H3. The van der Waals surface area contributed by atoms with Gasteiger partial charge in [0.2, 0.25) is 0 Å². The zero-order valence-electron chi connectivity index (χ0n) is 7.03. The van der Waals surface area contributed by atoms with Crippen LogP contribution in [0.4, 0.5) is 0 Å². The van der Waals surface area contributed by atoms with Crippen molar-refractivity contribution in [3.63, 3.8) is 0 Å². The molecule has 3 N–H and O–H groups in total. The third-order valence-corrected chi connectivity index (χ3v) is 2.65. The number of hydrogen-bond donors (Lipinski definition) is 2. The van der Waals surface area contributed by atoms with Crippen LogP contribution in [0.3, 0.4) is 0 Å². The SMILES string of the molecule is CC(CN)Sc1ccc(O)cc1. The first-order valence-corrected chi connectivity index (χ1v) is 4.76. The van der Waals surface area contributed by atoms with Crippen molar-refractivity contribution >= 4 is 11.8 Å². The molecule has 1 atom stereocenters. The molecule has 1 aromatic carbocycles. The predicted molar refractivity (Wildman–Crippen MR) is 52.5 cm³/mol. The predicted octanol–water partition coefficient (Wildman–Crippen LogP) is 1.83. The highest BCUT2D eigenvalue weighted by Gasteiger charge is 2.00. The number of thioether (sulfide) groups is 1. The van der Waals surface area contributed by atoms with E-state index in [9.17, 15) is 0 Å². The average molecular weight is 183 g/mol. The van der Waals surface area contributed by atoms with E-state index >= 15 is 0 Å². The highest BCUT2D eigenvalue weighted by Crippen LogP contribution is 2.23. The van der Waals surface area contributed by atoms with Gasteiger partial charge in [-0.25, -0.2) is 0 Å². The van der Waals surface area contributed by atoms with Crippen molar-refractivity contribution in [2.45, 2.75) is 17.1 Å². The molecule has 0 spiro atoms. The quantitative estimate of drug-likeness (QED) is 0.703. The normalized spacial score (nSPS) is 12.8. The average Bonchev–Trinajstić information content (AvgIpc) is 2.09. The van der Waals surface area contributed by atoms with Crippen LogP contribution in [0.5, 0.6) is 5.75 Å². The van der Waals surface area contributed by atoms with Crippen molar-refractivity contribution < 1.29 is 5.11 Å². The Morgan fingerprint density at radius 3 is 2.50 bits per heavy atom. The van der Waals surface area contributed by atoms with Crippen molar-refractivity contribution in [1.82, 2.24) is 0 Å². The van der Waals surface area contributed by atoms with Gasteiger partial charge in [-0.2, -0.15) is 0 Å². The second kappa shape index (κ2) is 4.38. The zero-order chi connectivity index (χ0) is 8.97. The highest BCUT2D eigenvalue weighted by atomic mass is 32.2. The van der Waals surface area contributed by atoms with Gasteiger partial charge in [-0.1, -0.05) is 6.92 Å². The lowest BCUT2D eigenvalue weighted by Gasteiger charge is -2.07. The van der Waals surface area contributed by atoms with Crippen LogP contribution in [0, 0.1) is 0 Å². The number of hydrogen-bond acceptors (Lipinski definition) is 3. The summed E-state index contributed by atoms with van der Waals surface area (Å²) in [5.41, 5.74) is 5.48. The number of rotatable bonds is 3. The summed E-state index contributed by atoms with van der Waals surface area (Å²) in [5, 5.41) is 9.44. The van der Waals surface area contributed by atoms with Crippen LogP contribution in [0.2, 0.25) is 0 Å². The molecule has 0 aliphatic heterocycles. The lowest BCUT2D eigenvalue weighted by atomic mass is 10.3. The Bertz CT molecular complexity index is 235. The molecule has 66 valence electrons. The van der Waals surface area contributed by atoms with E-state index in [0.717, 1.165) is 4.90 Å². The Morgan fingerprint density at radius 2 is 2.00 bits per heavy atom. The maximum absolute atomic E-state index is 9.01. The van der Waals surface area contributed by atoms with Gasteiger partial charge in [-0.3, -0.25) is 0 Å². The fraction of sp³-hybridized carbons (Fsp3) is 0.333. The van der Waals surface area contributed by atoms with Crippen molar-refractivity contribution in [1.29, 1.82) is 0 Å². The van der Waals surface area contributed by atoms with Crippen LogP contribution in [0.1, 0.15) is 6.92 Å². The molecule has 0 aliphatic rings. The largest absolute Gasteiger partial charge is 0.508 e. The summed E-state index contributed by atoms with van der Waals surface area (Å²) < 4.78 is 0. The molecule has 2 nitrogen and oxygen atoms in total. The van der Waals surface area contributed by atoms with Gasteiger partial charge in [0.05, 0.1) is 0 Å². The number of aromatic hydroxyl groups is 1. The van der Waals surface area contributed by atoms with Crippen LogP contribution < -0.4 is 5.73 Å². The lowest BCUT2D eigenvalue weighted by Crippen LogP contribution is -2.11. The molecule has 1 unspecified atom stereocenters. The number of nitrogens with two attached hydrogens (primary N) is 1. The third kappa shape index (κ3) is 2.75. The fourth-order valence-corrected chi connectivity index (χ4v) is 1.66. The van der Waals surface area contributed by atoms with Gasteiger partial charge in [0.1, 0.15) is 5.75 Å². The smallest absolute Gasteiger partial charge is 0.115 e. The van der Waals surface area contributed by atoms with E-state index in [0.29, 0.717) is 17.5 Å². The molecule has 0 saturated heterocycles. The molecular formula is C9H13NOS. The van der Waals surface area contributed by atoms with Crippen LogP contribution in [0.15, 0.2) is 29.2 Å². The van der Waals surface area contributed by atoms with E-state index < -0.39 is 0 Å². The third-order valence-electron chi connectivity index (χ3n) is 1.51. The zero-order valence-corrected chi connectivity index (χ0v) is 7.84. The van der Waals surface area contributed by atoms with Crippen LogP contribution in [-0.4, -0.2) is 16.9 Å². The highest BCUT2D eigenvalue weighted by molar-refractivity contribution is 8.00. The maximum Gasteiger partial charge on any atom is 0.115 e. The first-order valence-electron chi connectivity index (χ1n) is 3.88. The molecule has 0 heterocycles. The number of phenolic OH excluding ortho intramolecular Hbond substituents is 1. The van der Waals surface area contributed by atoms with Crippen molar-refractivity contribution in [2.75, 3.05) is 6.54 Å². The van der Waals surface area contributed by atoms with Crippen molar-refractivity contribution in [3.8, 4) is 5.75 Å². The first kappa shape index (κ1) is 9.42. The van der Waals surface area contributed by atoms with Gasteiger partial charge in [0.25, 0.3) is 0 Å². The molecular weight excluding hydrogens is 170 g/mol. The minimum absolute atomic E-state index is 0.305. The second-order valence-electron chi connectivity index (χ2n) is 2.66. The molecule has 0 amide bonds. The van der Waals surface area contributed by atoms with Gasteiger partial charge >= 0.3 is 0 Å². The first-order chi connectivity index (χ1) is 5.72. The summed E-state index contributed by atoms with van der Waals surface area (Å²) in [6.07, 6.45) is 0. The van der Waals surface area contributed by atoms with Gasteiger partial charge in [0, 0.05) is 16.7 Å². The van der Waals surface area contributed by atoms with E-state index in [-0.39, 0.29) is 0 Å². The summed E-state index contributed by atoms with van der Waals surface area (Å²) in [6, 6.07) is 7.16. The van der Waals surface area contributed by atoms with Gasteiger partial charge in [-0.05, 0) is 24.3 Å². The lowest BCUT2D eigenvalue weighted by molar-refractivity contribution is 0.475. The summed E-state index contributed by atoms with van der Waals surface area (Å²) >= 11 is 1.72. The monoisotopic (exact) mass is 183 g/mol. The van der Waals surface area contributed by atoms with E-state index in [2.05, 4.69) is 6.92 Å². The van der Waals surface area contributed by atoms with Gasteiger partial charge in [0.15, 0.2) is 0 Å². The Kier molecular flexibility index (Phi) is 3.44. The second-order valence-corrected chi connectivity index (χ2v) is 4.17. The Morgan fingerprint density at radius 1 is 1.42 bits per heavy atom. The van der Waals surface area contributed by atoms with E-state index in [4.69, 9.17) is 10.8 Å². The topological polar surface area (TPSA) is 46.2 Å². The summed E-state index contributed by atoms with van der Waals surface area (Å²) in [6.45, 7) is 2.75. The summed E-state index contributed by atoms with van der Waals surface area (Å²) in [7, 11) is 0. The molecule has 0 bridgehead atoms. The van der Waals surface area contributed by atoms with Crippen molar-refractivity contribution in [3.05, 3.63) is 24.3 Å². The van der Waals surface area contributed by atoms with E-state index in [1.54, 1.807) is 23.9 Å². The maximum atomic E-state index is 9.01. The Labute approximate surface area is 76.8 Å². The summed E-state index contributed by atoms with van der Waals surface area (Å²) in [5.74, 6) is 0.305. The van der Waals surface area contributed by atoms with Gasteiger partial charge < -0.3 is 10.8 Å². The molecule has 3 heteroatoms. The molecule has 1 aromatic rings. The molecule has 0 saturated carbocycles. The molecule has 0 radical (unpaired) electrons. The van der Waals surface area contributed by atoms with Crippen molar-refractivity contribution in [2.24, 2.45) is 5.73 Å². The minimum Gasteiger partial charge on any atom is -0.508 e. The number of phenols is 1. The molecule has 0 aromatic heterocycles. The summed E-state index contributed by atoms with van der Waals surface area (Å²) in [4.78, 5) is 1.14. The molecule has 0 fully saturated rings. The Balaban J connectivity index is 2.58.